The normalized spacial score (nSPS) is 12.2. The molecule has 0 aliphatic heterocycles. The molecular formula is C21H22ClNO5S. The van der Waals surface area contributed by atoms with Crippen LogP contribution in [0.1, 0.15) is 42.5 Å². The molecule has 3 rings (SSSR count). The Balaban J connectivity index is 2.16. The maximum atomic E-state index is 12.8. The van der Waals surface area contributed by atoms with Crippen LogP contribution in [0.15, 0.2) is 45.7 Å². The van der Waals surface area contributed by atoms with Gasteiger partial charge in [-0.05, 0) is 48.9 Å². The Morgan fingerprint density at radius 2 is 1.76 bits per heavy atom. The van der Waals surface area contributed by atoms with Crippen molar-refractivity contribution in [3.05, 3.63) is 58.3 Å². The van der Waals surface area contributed by atoms with Gasteiger partial charge in [0, 0.05) is 15.8 Å². The van der Waals surface area contributed by atoms with Crippen molar-refractivity contribution in [1.82, 2.24) is 0 Å². The van der Waals surface area contributed by atoms with Crippen molar-refractivity contribution in [2.24, 2.45) is 0 Å². The van der Waals surface area contributed by atoms with Crippen LogP contribution in [0.2, 0.25) is 5.02 Å². The lowest BCUT2D eigenvalue weighted by molar-refractivity contribution is 0.0598. The molecule has 0 bridgehead atoms. The number of hydrogen-bond donors (Lipinski definition) is 1. The summed E-state index contributed by atoms with van der Waals surface area (Å²) in [5.41, 5.74) is 1.34. The molecular weight excluding hydrogens is 414 g/mol. The number of furan rings is 1. The number of hydrogen-bond acceptors (Lipinski definition) is 5. The van der Waals surface area contributed by atoms with E-state index in [4.69, 9.17) is 20.8 Å². The van der Waals surface area contributed by atoms with E-state index in [-0.39, 0.29) is 4.90 Å². The van der Waals surface area contributed by atoms with Crippen LogP contribution in [0.3, 0.4) is 0 Å². The number of rotatable bonds is 4. The van der Waals surface area contributed by atoms with Crippen molar-refractivity contribution in [3.8, 4) is 0 Å². The Bertz CT molecular complexity index is 1190. The molecule has 1 heterocycles. The molecule has 3 aromatic rings. The van der Waals surface area contributed by atoms with Crippen molar-refractivity contribution >= 4 is 44.3 Å². The Kier molecular flexibility index (Phi) is 5.40. The first-order valence-corrected chi connectivity index (χ1v) is 10.7. The minimum absolute atomic E-state index is 0.0807. The predicted octanol–water partition coefficient (Wildman–Crippen LogP) is 5.28. The van der Waals surface area contributed by atoms with Crippen molar-refractivity contribution < 1.29 is 22.4 Å². The summed E-state index contributed by atoms with van der Waals surface area (Å²) in [6, 6.07) is 9.17. The summed E-state index contributed by atoms with van der Waals surface area (Å²) < 4.78 is 39.0. The number of ether oxygens (including phenoxy) is 1. The number of fused-ring (bicyclic) bond motifs is 1. The van der Waals surface area contributed by atoms with Crippen molar-refractivity contribution in [2.75, 3.05) is 11.8 Å². The van der Waals surface area contributed by atoms with E-state index >= 15 is 0 Å². The van der Waals surface area contributed by atoms with Crippen LogP contribution in [-0.4, -0.2) is 21.5 Å². The fourth-order valence-electron chi connectivity index (χ4n) is 3.00. The molecule has 0 unspecified atom stereocenters. The molecule has 6 nitrogen and oxygen atoms in total. The van der Waals surface area contributed by atoms with Crippen LogP contribution >= 0.6 is 11.6 Å². The maximum absolute atomic E-state index is 12.8. The number of carbonyl (C=O) groups is 1. The SMILES string of the molecule is COC(=O)c1c(C(C)(C)C)oc2cc(C)c(NS(=O)(=O)c3ccc(Cl)cc3)cc12. The molecule has 0 aliphatic carbocycles. The fourth-order valence-corrected chi connectivity index (χ4v) is 4.25. The Morgan fingerprint density at radius 1 is 1.14 bits per heavy atom. The number of aryl methyl sites for hydroxylation is 1. The third-order valence-electron chi connectivity index (χ3n) is 4.47. The van der Waals surface area contributed by atoms with Gasteiger partial charge in [-0.3, -0.25) is 4.72 Å². The lowest BCUT2D eigenvalue weighted by atomic mass is 9.89. The minimum atomic E-state index is -3.84. The Hall–Kier alpha value is -2.51. The maximum Gasteiger partial charge on any atom is 0.342 e. The van der Waals surface area contributed by atoms with Gasteiger partial charge in [-0.2, -0.15) is 0 Å². The van der Waals surface area contributed by atoms with Gasteiger partial charge in [0.05, 0.1) is 17.7 Å². The third-order valence-corrected chi connectivity index (χ3v) is 6.11. The highest BCUT2D eigenvalue weighted by Gasteiger charge is 2.30. The Labute approximate surface area is 174 Å². The summed E-state index contributed by atoms with van der Waals surface area (Å²) in [4.78, 5) is 12.5. The number of halogens is 1. The Morgan fingerprint density at radius 3 is 2.31 bits per heavy atom. The largest absolute Gasteiger partial charge is 0.465 e. The highest BCUT2D eigenvalue weighted by atomic mass is 35.5. The molecule has 154 valence electrons. The van der Waals surface area contributed by atoms with E-state index in [2.05, 4.69) is 4.72 Å². The van der Waals surface area contributed by atoms with Crippen LogP contribution in [0, 0.1) is 6.92 Å². The molecule has 0 atom stereocenters. The number of methoxy groups -OCH3 is 1. The predicted molar refractivity (Wildman–Crippen MR) is 113 cm³/mol. The van der Waals surface area contributed by atoms with Crippen LogP contribution in [-0.2, 0) is 20.2 Å². The average molecular weight is 436 g/mol. The van der Waals surface area contributed by atoms with Gasteiger partial charge >= 0.3 is 5.97 Å². The van der Waals surface area contributed by atoms with Gasteiger partial charge in [-0.25, -0.2) is 13.2 Å². The average Bonchev–Trinajstić information content (AvgIpc) is 3.00. The quantitative estimate of drug-likeness (QED) is 0.563. The second kappa shape index (κ2) is 7.39. The monoisotopic (exact) mass is 435 g/mol. The molecule has 0 saturated heterocycles. The van der Waals surface area contributed by atoms with Crippen molar-refractivity contribution in [3.63, 3.8) is 0 Å². The second-order valence-corrected chi connectivity index (χ2v) is 9.89. The molecule has 0 radical (unpaired) electrons. The van der Waals surface area contributed by atoms with Crippen molar-refractivity contribution in [1.29, 1.82) is 0 Å². The lowest BCUT2D eigenvalue weighted by Crippen LogP contribution is -2.16. The molecule has 29 heavy (non-hydrogen) atoms. The highest BCUT2D eigenvalue weighted by Crippen LogP contribution is 2.37. The van der Waals surface area contributed by atoms with Gasteiger partial charge in [0.1, 0.15) is 16.9 Å². The smallest absolute Gasteiger partial charge is 0.342 e. The van der Waals surface area contributed by atoms with Crippen LogP contribution < -0.4 is 4.72 Å². The lowest BCUT2D eigenvalue weighted by Gasteiger charge is -2.16. The summed E-state index contributed by atoms with van der Waals surface area (Å²) >= 11 is 5.84. The molecule has 0 amide bonds. The molecule has 0 saturated carbocycles. The van der Waals surface area contributed by atoms with E-state index in [9.17, 15) is 13.2 Å². The molecule has 2 aromatic carbocycles. The van der Waals surface area contributed by atoms with E-state index in [1.165, 1.54) is 31.4 Å². The fraction of sp³-hybridized carbons (Fsp3) is 0.286. The molecule has 8 heteroatoms. The molecule has 0 aliphatic rings. The number of anilines is 1. The molecule has 1 N–H and O–H groups in total. The summed E-state index contributed by atoms with van der Waals surface area (Å²) in [6.07, 6.45) is 0. The highest BCUT2D eigenvalue weighted by molar-refractivity contribution is 7.92. The van der Waals surface area contributed by atoms with E-state index in [1.807, 2.05) is 20.8 Å². The van der Waals surface area contributed by atoms with Gasteiger partial charge in [-0.1, -0.05) is 32.4 Å². The topological polar surface area (TPSA) is 85.6 Å². The van der Waals surface area contributed by atoms with E-state index in [0.29, 0.717) is 38.6 Å². The minimum Gasteiger partial charge on any atom is -0.465 e. The van der Waals surface area contributed by atoms with Crippen molar-refractivity contribution in [2.45, 2.75) is 38.0 Å². The third kappa shape index (κ3) is 4.11. The summed E-state index contributed by atoms with van der Waals surface area (Å²) in [5.74, 6) is -0.0551. The van der Waals surface area contributed by atoms with E-state index in [1.54, 1.807) is 19.1 Å². The number of benzene rings is 2. The van der Waals surface area contributed by atoms with Gasteiger partial charge in [0.2, 0.25) is 0 Å². The van der Waals surface area contributed by atoms with E-state index < -0.39 is 21.4 Å². The zero-order chi connectivity index (χ0) is 21.6. The zero-order valence-electron chi connectivity index (χ0n) is 16.8. The van der Waals surface area contributed by atoms with E-state index in [0.717, 1.165) is 0 Å². The summed E-state index contributed by atoms with van der Waals surface area (Å²) in [7, 11) is -2.54. The molecule has 0 spiro atoms. The van der Waals surface area contributed by atoms with Gasteiger partial charge in [-0.15, -0.1) is 0 Å². The number of carbonyl (C=O) groups excluding carboxylic acids is 1. The summed E-state index contributed by atoms with van der Waals surface area (Å²) in [5, 5.41) is 0.929. The van der Waals surface area contributed by atoms with Crippen LogP contribution in [0.4, 0.5) is 5.69 Å². The van der Waals surface area contributed by atoms with Gasteiger partial charge in [0.25, 0.3) is 10.0 Å². The first-order valence-electron chi connectivity index (χ1n) is 8.88. The zero-order valence-corrected chi connectivity index (χ0v) is 18.4. The van der Waals surface area contributed by atoms with Gasteiger partial charge < -0.3 is 9.15 Å². The second-order valence-electron chi connectivity index (χ2n) is 7.77. The first-order chi connectivity index (χ1) is 13.4. The van der Waals surface area contributed by atoms with Gasteiger partial charge in [0.15, 0.2) is 0 Å². The van der Waals surface area contributed by atoms with Crippen LogP contribution in [0.5, 0.6) is 0 Å². The molecule has 1 aromatic heterocycles. The number of esters is 1. The summed E-state index contributed by atoms with van der Waals surface area (Å²) in [6.45, 7) is 7.53. The standard InChI is InChI=1S/C21H22ClNO5S/c1-12-10-17-15(18(20(24)27-5)19(28-17)21(2,3)4)11-16(12)23-29(25,26)14-8-6-13(22)7-9-14/h6-11,23H,1-5H3. The van der Waals surface area contributed by atoms with Crippen LogP contribution in [0.25, 0.3) is 11.0 Å². The molecule has 0 fully saturated rings. The first kappa shape index (κ1) is 21.2. The number of sulfonamides is 1. The number of nitrogens with one attached hydrogen (secondary N) is 1.